The summed E-state index contributed by atoms with van der Waals surface area (Å²) < 4.78 is 2.15. The van der Waals surface area contributed by atoms with Crippen LogP contribution < -0.4 is 5.32 Å². The molecule has 19 heavy (non-hydrogen) atoms. The van der Waals surface area contributed by atoms with Crippen molar-refractivity contribution < 1.29 is 0 Å². The van der Waals surface area contributed by atoms with Gasteiger partial charge in [0.2, 0.25) is 0 Å². The Labute approximate surface area is 115 Å². The second-order valence-corrected chi connectivity index (χ2v) is 5.81. The summed E-state index contributed by atoms with van der Waals surface area (Å²) in [6.45, 7) is 1.01. The third-order valence-corrected chi connectivity index (χ3v) is 4.74. The van der Waals surface area contributed by atoms with E-state index in [4.69, 9.17) is 4.98 Å². The molecule has 0 fully saturated rings. The van der Waals surface area contributed by atoms with Crippen LogP contribution in [0.5, 0.6) is 0 Å². The fraction of sp³-hybridized carbons (Fsp3) is 0.286. The van der Waals surface area contributed by atoms with Crippen LogP contribution in [0.3, 0.4) is 0 Å². The van der Waals surface area contributed by atoms with Crippen molar-refractivity contribution in [3.8, 4) is 0 Å². The Morgan fingerprint density at radius 1 is 1.42 bits per heavy atom. The predicted octanol–water partition coefficient (Wildman–Crippen LogP) is 2.26. The van der Waals surface area contributed by atoms with Crippen molar-refractivity contribution in [1.29, 1.82) is 0 Å². The monoisotopic (exact) mass is 270 g/mol. The van der Waals surface area contributed by atoms with Crippen molar-refractivity contribution in [3.05, 3.63) is 46.0 Å². The van der Waals surface area contributed by atoms with Crippen LogP contribution in [0.1, 0.15) is 22.3 Å². The number of fused-ring (bicyclic) bond motifs is 2. The van der Waals surface area contributed by atoms with Gasteiger partial charge in [-0.25, -0.2) is 9.97 Å². The van der Waals surface area contributed by atoms with Crippen molar-refractivity contribution in [3.63, 3.8) is 0 Å². The first-order valence-electron chi connectivity index (χ1n) is 6.41. The fourth-order valence-electron chi connectivity index (χ4n) is 2.78. The number of hydrogen-bond acceptors (Lipinski definition) is 4. The first-order chi connectivity index (χ1) is 9.34. The molecule has 1 aliphatic heterocycles. The minimum Gasteiger partial charge on any atom is -0.328 e. The lowest BCUT2D eigenvalue weighted by Gasteiger charge is -2.23. The van der Waals surface area contributed by atoms with Gasteiger partial charge in [0.15, 0.2) is 5.65 Å². The van der Waals surface area contributed by atoms with Gasteiger partial charge in [-0.2, -0.15) is 0 Å². The topological polar surface area (TPSA) is 42.7 Å². The smallest absolute Gasteiger partial charge is 0.177 e. The Bertz CT molecular complexity index is 743. The number of hydrogen-bond donors (Lipinski definition) is 1. The quantitative estimate of drug-likeness (QED) is 0.737. The highest BCUT2D eigenvalue weighted by molar-refractivity contribution is 7.10. The first-order valence-corrected chi connectivity index (χ1v) is 7.29. The molecule has 3 aromatic rings. The third kappa shape index (κ3) is 1.62. The number of nitrogens with zero attached hydrogens (tertiary/aromatic N) is 3. The molecular weight excluding hydrogens is 256 g/mol. The van der Waals surface area contributed by atoms with E-state index in [0.29, 0.717) is 0 Å². The van der Waals surface area contributed by atoms with Crippen molar-refractivity contribution in [2.45, 2.75) is 12.5 Å². The van der Waals surface area contributed by atoms with Gasteiger partial charge >= 0.3 is 0 Å². The van der Waals surface area contributed by atoms with Gasteiger partial charge in [-0.05, 0) is 35.6 Å². The number of rotatable bonds is 1. The average Bonchev–Trinajstić information content (AvgIpc) is 3.04. The molecular formula is C14H14N4S. The summed E-state index contributed by atoms with van der Waals surface area (Å²) in [6, 6.07) is 6.42. The Morgan fingerprint density at radius 3 is 3.26 bits per heavy atom. The summed E-state index contributed by atoms with van der Waals surface area (Å²) >= 11 is 1.84. The summed E-state index contributed by atoms with van der Waals surface area (Å²) in [5, 5.41) is 5.75. The molecule has 5 heteroatoms. The lowest BCUT2D eigenvalue weighted by atomic mass is 10.0. The van der Waals surface area contributed by atoms with E-state index in [1.54, 1.807) is 6.20 Å². The van der Waals surface area contributed by atoms with Gasteiger partial charge in [0.05, 0.1) is 11.6 Å². The van der Waals surface area contributed by atoms with E-state index < -0.39 is 0 Å². The highest BCUT2D eigenvalue weighted by atomic mass is 32.1. The van der Waals surface area contributed by atoms with Crippen LogP contribution in [0.25, 0.3) is 11.2 Å². The summed E-state index contributed by atoms with van der Waals surface area (Å²) in [7, 11) is 2.06. The highest BCUT2D eigenvalue weighted by Gasteiger charge is 2.26. The molecule has 3 aromatic heterocycles. The van der Waals surface area contributed by atoms with Crippen molar-refractivity contribution >= 4 is 22.5 Å². The van der Waals surface area contributed by atoms with E-state index in [1.165, 1.54) is 10.4 Å². The predicted molar refractivity (Wildman–Crippen MR) is 76.4 cm³/mol. The van der Waals surface area contributed by atoms with Crippen molar-refractivity contribution in [1.82, 2.24) is 19.9 Å². The maximum atomic E-state index is 4.71. The molecule has 0 amide bonds. The number of pyridine rings is 1. The molecule has 1 atom stereocenters. The molecule has 4 rings (SSSR count). The zero-order valence-electron chi connectivity index (χ0n) is 10.6. The molecule has 0 aromatic carbocycles. The molecule has 96 valence electrons. The number of aryl methyl sites for hydroxylation is 1. The van der Waals surface area contributed by atoms with E-state index in [2.05, 4.69) is 39.4 Å². The molecule has 1 aliphatic rings. The van der Waals surface area contributed by atoms with Crippen LogP contribution in [0.2, 0.25) is 0 Å². The lowest BCUT2D eigenvalue weighted by molar-refractivity contribution is 0.538. The molecule has 4 nitrogen and oxygen atoms in total. The summed E-state index contributed by atoms with van der Waals surface area (Å²) in [5.74, 6) is 1.05. The Kier molecular flexibility index (Phi) is 2.43. The minimum absolute atomic E-state index is 0.189. The SMILES string of the molecule is Cn1c(C2NCCc3sccc32)nc2ncccc21. The van der Waals surface area contributed by atoms with E-state index in [1.807, 2.05) is 17.4 Å². The summed E-state index contributed by atoms with van der Waals surface area (Å²) in [5.41, 5.74) is 3.28. The van der Waals surface area contributed by atoms with Gasteiger partial charge in [0.1, 0.15) is 5.82 Å². The van der Waals surface area contributed by atoms with Gasteiger partial charge in [0, 0.05) is 24.7 Å². The molecule has 0 spiro atoms. The molecule has 4 heterocycles. The molecule has 0 saturated heterocycles. The fourth-order valence-corrected chi connectivity index (χ4v) is 3.70. The van der Waals surface area contributed by atoms with Crippen LogP contribution in [0.15, 0.2) is 29.8 Å². The third-order valence-electron chi connectivity index (χ3n) is 3.74. The van der Waals surface area contributed by atoms with E-state index in [0.717, 1.165) is 30.0 Å². The Morgan fingerprint density at radius 2 is 2.37 bits per heavy atom. The standard InChI is InChI=1S/C14H14N4S/c1-18-10-3-2-6-16-13(10)17-14(18)12-9-5-8-19-11(9)4-7-15-12/h2-3,5-6,8,12,15H,4,7H2,1H3. The normalized spacial score (nSPS) is 18.7. The molecule has 0 saturated carbocycles. The van der Waals surface area contributed by atoms with Crippen LogP contribution in [0.4, 0.5) is 0 Å². The molecule has 0 aliphatic carbocycles. The zero-order chi connectivity index (χ0) is 12.8. The number of nitrogens with one attached hydrogen (secondary N) is 1. The second-order valence-electron chi connectivity index (χ2n) is 4.81. The first kappa shape index (κ1) is 11.1. The van der Waals surface area contributed by atoms with Gasteiger partial charge in [-0.3, -0.25) is 0 Å². The maximum absolute atomic E-state index is 4.71. The van der Waals surface area contributed by atoms with E-state index in [-0.39, 0.29) is 6.04 Å². The van der Waals surface area contributed by atoms with E-state index in [9.17, 15) is 0 Å². The van der Waals surface area contributed by atoms with E-state index >= 15 is 0 Å². The summed E-state index contributed by atoms with van der Waals surface area (Å²) in [4.78, 5) is 10.5. The van der Waals surface area contributed by atoms with Crippen LogP contribution in [-0.2, 0) is 13.5 Å². The second kappa shape index (κ2) is 4.15. The molecule has 0 radical (unpaired) electrons. The van der Waals surface area contributed by atoms with Crippen LogP contribution in [-0.4, -0.2) is 21.1 Å². The molecule has 1 unspecified atom stereocenters. The zero-order valence-corrected chi connectivity index (χ0v) is 11.4. The maximum Gasteiger partial charge on any atom is 0.177 e. The molecule has 0 bridgehead atoms. The van der Waals surface area contributed by atoms with Crippen LogP contribution >= 0.6 is 11.3 Å². The number of imidazole rings is 1. The van der Waals surface area contributed by atoms with Gasteiger partial charge in [-0.1, -0.05) is 0 Å². The summed E-state index contributed by atoms with van der Waals surface area (Å²) in [6.07, 6.45) is 2.91. The highest BCUT2D eigenvalue weighted by Crippen LogP contribution is 2.32. The number of thiophene rings is 1. The lowest BCUT2D eigenvalue weighted by Crippen LogP contribution is -2.31. The Balaban J connectivity index is 1.90. The van der Waals surface area contributed by atoms with Gasteiger partial charge in [0.25, 0.3) is 0 Å². The van der Waals surface area contributed by atoms with Gasteiger partial charge in [-0.15, -0.1) is 11.3 Å². The van der Waals surface area contributed by atoms with Crippen LogP contribution in [0, 0.1) is 0 Å². The largest absolute Gasteiger partial charge is 0.328 e. The average molecular weight is 270 g/mol. The van der Waals surface area contributed by atoms with Crippen molar-refractivity contribution in [2.24, 2.45) is 7.05 Å². The number of aromatic nitrogens is 3. The van der Waals surface area contributed by atoms with Gasteiger partial charge < -0.3 is 9.88 Å². The van der Waals surface area contributed by atoms with Crippen molar-refractivity contribution in [2.75, 3.05) is 6.54 Å². The molecule has 1 N–H and O–H groups in total. The minimum atomic E-state index is 0.189. The Hall–Kier alpha value is -1.72.